The van der Waals surface area contributed by atoms with Crippen LogP contribution in [0, 0.1) is 0 Å². The van der Waals surface area contributed by atoms with E-state index in [0.717, 1.165) is 11.9 Å². The molecule has 2 aromatic heterocycles. The van der Waals surface area contributed by atoms with Gasteiger partial charge in [0.2, 0.25) is 0 Å². The highest BCUT2D eigenvalue weighted by Crippen LogP contribution is 2.31. The first-order valence-electron chi connectivity index (χ1n) is 9.09. The second-order valence-corrected chi connectivity index (χ2v) is 7.02. The van der Waals surface area contributed by atoms with Gasteiger partial charge in [-0.3, -0.25) is 9.47 Å². The van der Waals surface area contributed by atoms with E-state index >= 15 is 0 Å². The highest BCUT2D eigenvalue weighted by molar-refractivity contribution is 5.26. The largest absolute Gasteiger partial charge is 0.300 e. The number of aromatic nitrogens is 3. The molecule has 0 aromatic carbocycles. The lowest BCUT2D eigenvalue weighted by Gasteiger charge is -2.40. The molecule has 4 nitrogen and oxygen atoms in total. The maximum Gasteiger partial charge on any atom is 0.138 e. The van der Waals surface area contributed by atoms with Gasteiger partial charge in [-0.15, -0.1) is 0 Å². The van der Waals surface area contributed by atoms with Crippen LogP contribution in [-0.2, 0) is 0 Å². The standard InChI is InChI=1S/C19H26N4/c1-2-7-17(8-3-1)22-12-5-6-16(14-22)18-9-4-10-19(21-18)23-13-11-20-15-23/h4,9-11,13,15-17H,1-3,5-8,12,14H2/t16-/m1/s1. The van der Waals surface area contributed by atoms with E-state index in [4.69, 9.17) is 4.98 Å². The Hall–Kier alpha value is -1.68. The lowest BCUT2D eigenvalue weighted by atomic mass is 9.89. The molecule has 0 radical (unpaired) electrons. The van der Waals surface area contributed by atoms with Crippen LogP contribution in [0.1, 0.15) is 56.6 Å². The maximum absolute atomic E-state index is 4.91. The number of imidazole rings is 1. The van der Waals surface area contributed by atoms with Crippen LogP contribution >= 0.6 is 0 Å². The molecular formula is C19H26N4. The average molecular weight is 310 g/mol. The number of likely N-dealkylation sites (tertiary alicyclic amines) is 1. The van der Waals surface area contributed by atoms with E-state index < -0.39 is 0 Å². The minimum Gasteiger partial charge on any atom is -0.300 e. The summed E-state index contributed by atoms with van der Waals surface area (Å²) in [5.41, 5.74) is 1.25. The van der Waals surface area contributed by atoms with E-state index in [1.54, 1.807) is 6.20 Å². The Bertz CT molecular complexity index is 616. The van der Waals surface area contributed by atoms with Crippen molar-refractivity contribution in [3.8, 4) is 5.82 Å². The number of hydrogen-bond acceptors (Lipinski definition) is 3. The van der Waals surface area contributed by atoms with E-state index in [2.05, 4.69) is 28.1 Å². The monoisotopic (exact) mass is 310 g/mol. The normalized spacial score (nSPS) is 23.9. The summed E-state index contributed by atoms with van der Waals surface area (Å²) in [6.07, 6.45) is 15.2. The molecule has 0 N–H and O–H groups in total. The van der Waals surface area contributed by atoms with Crippen LogP contribution in [-0.4, -0.2) is 38.6 Å². The fourth-order valence-electron chi connectivity index (χ4n) is 4.23. The van der Waals surface area contributed by atoms with Gasteiger partial charge in [0, 0.05) is 36.6 Å². The Labute approximate surface area is 138 Å². The number of nitrogens with zero attached hydrogens (tertiary/aromatic N) is 4. The van der Waals surface area contributed by atoms with E-state index in [9.17, 15) is 0 Å². The summed E-state index contributed by atoms with van der Waals surface area (Å²) in [5.74, 6) is 1.56. The molecule has 0 bridgehead atoms. The molecule has 3 heterocycles. The zero-order valence-corrected chi connectivity index (χ0v) is 13.8. The Morgan fingerprint density at radius 1 is 1.00 bits per heavy atom. The molecular weight excluding hydrogens is 284 g/mol. The lowest BCUT2D eigenvalue weighted by molar-refractivity contribution is 0.118. The van der Waals surface area contributed by atoms with Gasteiger partial charge in [-0.1, -0.05) is 25.3 Å². The Kier molecular flexibility index (Phi) is 4.42. The molecule has 1 saturated heterocycles. The maximum atomic E-state index is 4.91. The van der Waals surface area contributed by atoms with Gasteiger partial charge in [-0.2, -0.15) is 0 Å². The van der Waals surface area contributed by atoms with Gasteiger partial charge in [-0.25, -0.2) is 9.97 Å². The van der Waals surface area contributed by atoms with Crippen molar-refractivity contribution in [3.63, 3.8) is 0 Å². The predicted octanol–water partition coefficient (Wildman–Crippen LogP) is 3.78. The molecule has 0 amide bonds. The topological polar surface area (TPSA) is 34.0 Å². The van der Waals surface area contributed by atoms with Crippen molar-refractivity contribution in [2.45, 2.75) is 56.9 Å². The molecule has 2 aliphatic rings. The summed E-state index contributed by atoms with van der Waals surface area (Å²) >= 11 is 0. The molecule has 1 atom stereocenters. The first-order valence-corrected chi connectivity index (χ1v) is 9.09. The van der Waals surface area contributed by atoms with Crippen molar-refractivity contribution in [2.24, 2.45) is 0 Å². The fraction of sp³-hybridized carbons (Fsp3) is 0.579. The Morgan fingerprint density at radius 3 is 2.74 bits per heavy atom. The van der Waals surface area contributed by atoms with Crippen LogP contribution in [0.15, 0.2) is 36.9 Å². The van der Waals surface area contributed by atoms with Crippen molar-refractivity contribution in [1.29, 1.82) is 0 Å². The first kappa shape index (κ1) is 14.9. The molecule has 0 spiro atoms. The SMILES string of the molecule is c1cc([C@@H]2CCCN(C3CCCCC3)C2)nc(-n2ccnc2)c1. The number of pyridine rings is 1. The summed E-state index contributed by atoms with van der Waals surface area (Å²) < 4.78 is 1.99. The molecule has 1 aliphatic heterocycles. The molecule has 0 unspecified atom stereocenters. The van der Waals surface area contributed by atoms with Crippen LogP contribution < -0.4 is 0 Å². The van der Waals surface area contributed by atoms with Gasteiger partial charge in [0.1, 0.15) is 12.1 Å². The van der Waals surface area contributed by atoms with Crippen LogP contribution in [0.5, 0.6) is 0 Å². The molecule has 2 aromatic rings. The van der Waals surface area contributed by atoms with Gasteiger partial charge < -0.3 is 0 Å². The van der Waals surface area contributed by atoms with E-state index in [1.807, 2.05) is 17.1 Å². The highest BCUT2D eigenvalue weighted by atomic mass is 15.2. The van der Waals surface area contributed by atoms with Crippen LogP contribution in [0.3, 0.4) is 0 Å². The molecule has 4 rings (SSSR count). The number of hydrogen-bond donors (Lipinski definition) is 0. The highest BCUT2D eigenvalue weighted by Gasteiger charge is 2.28. The van der Waals surface area contributed by atoms with Crippen molar-refractivity contribution < 1.29 is 0 Å². The fourth-order valence-corrected chi connectivity index (χ4v) is 4.23. The summed E-state index contributed by atoms with van der Waals surface area (Å²) in [4.78, 5) is 11.8. The third-order valence-electron chi connectivity index (χ3n) is 5.49. The van der Waals surface area contributed by atoms with Crippen molar-refractivity contribution in [1.82, 2.24) is 19.4 Å². The third-order valence-corrected chi connectivity index (χ3v) is 5.49. The van der Waals surface area contributed by atoms with Crippen molar-refractivity contribution >= 4 is 0 Å². The zero-order chi connectivity index (χ0) is 15.5. The minimum atomic E-state index is 0.578. The number of rotatable bonds is 3. The van der Waals surface area contributed by atoms with Crippen LogP contribution in [0.4, 0.5) is 0 Å². The van der Waals surface area contributed by atoms with Gasteiger partial charge in [0.05, 0.1) is 0 Å². The molecule has 1 aliphatic carbocycles. The molecule has 122 valence electrons. The predicted molar refractivity (Wildman–Crippen MR) is 91.8 cm³/mol. The molecule has 23 heavy (non-hydrogen) atoms. The Morgan fingerprint density at radius 2 is 1.91 bits per heavy atom. The average Bonchev–Trinajstić information content (AvgIpc) is 3.18. The van der Waals surface area contributed by atoms with Gasteiger partial charge >= 0.3 is 0 Å². The second-order valence-electron chi connectivity index (χ2n) is 7.02. The minimum absolute atomic E-state index is 0.578. The zero-order valence-electron chi connectivity index (χ0n) is 13.8. The summed E-state index contributed by atoms with van der Waals surface area (Å²) in [6, 6.07) is 7.22. The van der Waals surface area contributed by atoms with Gasteiger partial charge in [0.15, 0.2) is 0 Å². The van der Waals surface area contributed by atoms with Crippen LogP contribution in [0.2, 0.25) is 0 Å². The van der Waals surface area contributed by atoms with Gasteiger partial charge in [0.25, 0.3) is 0 Å². The van der Waals surface area contributed by atoms with E-state index in [1.165, 1.54) is 63.7 Å². The summed E-state index contributed by atoms with van der Waals surface area (Å²) in [7, 11) is 0. The second kappa shape index (κ2) is 6.83. The van der Waals surface area contributed by atoms with Crippen molar-refractivity contribution in [3.05, 3.63) is 42.6 Å². The van der Waals surface area contributed by atoms with Crippen molar-refractivity contribution in [2.75, 3.05) is 13.1 Å². The molecule has 2 fully saturated rings. The number of piperidine rings is 1. The lowest BCUT2D eigenvalue weighted by Crippen LogP contribution is -2.43. The molecule has 1 saturated carbocycles. The summed E-state index contributed by atoms with van der Waals surface area (Å²) in [5, 5.41) is 0. The Balaban J connectivity index is 1.50. The first-order chi connectivity index (χ1) is 11.4. The molecule has 4 heteroatoms. The summed E-state index contributed by atoms with van der Waals surface area (Å²) in [6.45, 7) is 2.47. The smallest absolute Gasteiger partial charge is 0.138 e. The van der Waals surface area contributed by atoms with Crippen LogP contribution in [0.25, 0.3) is 5.82 Å². The van der Waals surface area contributed by atoms with Gasteiger partial charge in [-0.05, 0) is 44.4 Å². The van der Waals surface area contributed by atoms with E-state index in [-0.39, 0.29) is 0 Å². The quantitative estimate of drug-likeness (QED) is 0.865. The van der Waals surface area contributed by atoms with E-state index in [0.29, 0.717) is 5.92 Å². The third kappa shape index (κ3) is 3.32.